The van der Waals surface area contributed by atoms with Gasteiger partial charge in [0.25, 0.3) is 0 Å². The van der Waals surface area contributed by atoms with Gasteiger partial charge in [-0.2, -0.15) is 0 Å². The van der Waals surface area contributed by atoms with Gasteiger partial charge in [-0.15, -0.1) is 0 Å². The number of aliphatic hydroxyl groups is 3. The van der Waals surface area contributed by atoms with Crippen molar-refractivity contribution in [2.75, 3.05) is 20.7 Å². The summed E-state index contributed by atoms with van der Waals surface area (Å²) in [5.41, 5.74) is 0.965. The quantitative estimate of drug-likeness (QED) is 0.0862. The van der Waals surface area contributed by atoms with Crippen LogP contribution in [0.2, 0.25) is 0 Å². The molecular formula is C41H63NO12. The van der Waals surface area contributed by atoms with Crippen molar-refractivity contribution in [3.05, 3.63) is 48.1 Å². The molecule has 10 atom stereocenters. The number of nitrogens with one attached hydrogen (secondary N) is 1. The number of hydrogen-bond donors (Lipinski definition) is 4. The number of unbranched alkanes of at least 4 members (excludes halogenated alkanes) is 2. The zero-order valence-electron chi connectivity index (χ0n) is 32.8. The number of methoxy groups -OCH3 is 1. The molecule has 3 fully saturated rings. The molecule has 0 aromatic rings. The third-order valence-electron chi connectivity index (χ3n) is 10.8. The van der Waals surface area contributed by atoms with Crippen LogP contribution in [0.25, 0.3) is 0 Å². The summed E-state index contributed by atoms with van der Waals surface area (Å²) in [5.74, 6) is -4.27. The molecule has 3 saturated heterocycles. The van der Waals surface area contributed by atoms with Crippen molar-refractivity contribution in [1.82, 2.24) is 5.32 Å². The zero-order chi connectivity index (χ0) is 39.6. The average Bonchev–Trinajstić information content (AvgIpc) is 3.07. The highest BCUT2D eigenvalue weighted by Gasteiger charge is 2.57. The Morgan fingerprint density at radius 1 is 0.981 bits per heavy atom. The lowest BCUT2D eigenvalue weighted by atomic mass is 9.74. The van der Waals surface area contributed by atoms with Crippen molar-refractivity contribution in [2.45, 2.75) is 165 Å². The molecule has 54 heavy (non-hydrogen) atoms. The second kappa shape index (κ2) is 19.8. The number of carbonyl (C=O) groups is 3. The molecular weight excluding hydrogens is 698 g/mol. The Balaban J connectivity index is 1.73. The predicted molar refractivity (Wildman–Crippen MR) is 200 cm³/mol. The molecule has 0 amide bonds. The lowest BCUT2D eigenvalue weighted by Crippen LogP contribution is -2.62. The molecule has 13 nitrogen and oxygen atoms in total. The van der Waals surface area contributed by atoms with Crippen molar-refractivity contribution in [2.24, 2.45) is 5.41 Å². The third-order valence-corrected chi connectivity index (χ3v) is 10.8. The minimum Gasteiger partial charge on any atom is -0.466 e. The van der Waals surface area contributed by atoms with Crippen molar-refractivity contribution in [1.29, 1.82) is 0 Å². The van der Waals surface area contributed by atoms with E-state index in [-0.39, 0.29) is 56.0 Å². The summed E-state index contributed by atoms with van der Waals surface area (Å²) >= 11 is 0. The molecule has 0 aliphatic carbocycles. The van der Waals surface area contributed by atoms with E-state index in [0.29, 0.717) is 38.5 Å². The minimum absolute atomic E-state index is 0.0158. The lowest BCUT2D eigenvalue weighted by Gasteiger charge is -2.51. The van der Waals surface area contributed by atoms with Gasteiger partial charge in [0.2, 0.25) is 5.79 Å². The molecule has 4 rings (SSSR count). The highest BCUT2D eigenvalue weighted by atomic mass is 16.7. The van der Waals surface area contributed by atoms with Crippen LogP contribution in [0.4, 0.5) is 0 Å². The van der Waals surface area contributed by atoms with Gasteiger partial charge in [0, 0.05) is 37.2 Å². The fourth-order valence-electron chi connectivity index (χ4n) is 7.86. The van der Waals surface area contributed by atoms with Gasteiger partial charge < -0.3 is 49.1 Å². The van der Waals surface area contributed by atoms with Crippen molar-refractivity contribution in [3.8, 4) is 0 Å². The molecule has 0 aromatic carbocycles. The number of rotatable bonds is 9. The van der Waals surface area contributed by atoms with E-state index in [1.807, 2.05) is 13.1 Å². The fourth-order valence-corrected chi connectivity index (χ4v) is 7.86. The smallest absolute Gasteiger partial charge is 0.330 e. The molecule has 13 heteroatoms. The molecule has 0 radical (unpaired) electrons. The van der Waals surface area contributed by atoms with E-state index in [1.165, 1.54) is 20.1 Å². The summed E-state index contributed by atoms with van der Waals surface area (Å²) in [6.07, 6.45) is 3.04. The summed E-state index contributed by atoms with van der Waals surface area (Å²) in [7, 11) is 3.08. The van der Waals surface area contributed by atoms with Gasteiger partial charge in [0.15, 0.2) is 6.10 Å². The van der Waals surface area contributed by atoms with Gasteiger partial charge in [-0.05, 0) is 71.0 Å². The van der Waals surface area contributed by atoms with Gasteiger partial charge in [-0.1, -0.05) is 56.7 Å². The normalized spacial score (nSPS) is 35.7. The predicted octanol–water partition coefficient (Wildman–Crippen LogP) is 4.27. The van der Waals surface area contributed by atoms with Crippen molar-refractivity contribution >= 4 is 17.9 Å². The molecule has 304 valence electrons. The van der Waals surface area contributed by atoms with Crippen LogP contribution in [0.5, 0.6) is 0 Å². The maximum atomic E-state index is 13.4. The minimum atomic E-state index is -2.26. The molecule has 0 spiro atoms. The first-order valence-corrected chi connectivity index (χ1v) is 19.4. The van der Waals surface area contributed by atoms with Crippen LogP contribution >= 0.6 is 0 Å². The van der Waals surface area contributed by atoms with Crippen molar-refractivity contribution in [3.63, 3.8) is 0 Å². The van der Waals surface area contributed by atoms with Crippen LogP contribution in [0.15, 0.2) is 48.1 Å². The van der Waals surface area contributed by atoms with Crippen LogP contribution in [0.3, 0.4) is 0 Å². The van der Waals surface area contributed by atoms with Gasteiger partial charge in [-0.3, -0.25) is 9.59 Å². The standard InChI is InChI=1S/C41H63NO12/c1-25-15-30-12-13-40(4,5)41(48)39(53-36(45)11-9-8-10-14-42-6)28(20-37(46)49-7)19-34(54-41)24-35(27(3)43)52-38(47)22-29(44)21-31-16-26(2)18-33(51-31)23-32(17-25)50-30/h12-13,20,27,29-35,39,42-44,48H,1-2,8-11,14-19,21-24H2,3-7H3/b13-12+,28-20+/t27-,29-,30+,31?,32+,33-,34+,35-,39+,41-/m1/s1. The Kier molecular flexibility index (Phi) is 16.1. The molecule has 1 unspecified atom stereocenters. The summed E-state index contributed by atoms with van der Waals surface area (Å²) in [4.78, 5) is 39.3. The Hall–Kier alpha value is -2.91. The molecule has 0 saturated carbocycles. The Bertz CT molecular complexity index is 1390. The fraction of sp³-hybridized carbons (Fsp3) is 0.732. The Labute approximate surface area is 320 Å². The maximum absolute atomic E-state index is 13.4. The number of cyclic esters (lactones) is 1. The SMILES string of the molecule is C=C1CC2C[C@@H](O)CC(=O)O[C@@H]([C@@H](C)O)C[C@@H]3C/C(=C\C(=O)OC)[C@H](OC(=O)CCCCCNC)[C@@](O)(O3)C(C)(C)/C=C/[C@H]3CC(=C)C[C@@H](C[C@@H](C1)O2)O3. The van der Waals surface area contributed by atoms with Gasteiger partial charge in [0.05, 0.1) is 56.3 Å². The number of aliphatic hydroxyl groups excluding tert-OH is 2. The van der Waals surface area contributed by atoms with Crippen LogP contribution in [0, 0.1) is 5.41 Å². The zero-order valence-corrected chi connectivity index (χ0v) is 32.8. The third kappa shape index (κ3) is 12.3. The second-order valence-electron chi connectivity index (χ2n) is 16.1. The lowest BCUT2D eigenvalue weighted by molar-refractivity contribution is -0.327. The van der Waals surface area contributed by atoms with Gasteiger partial charge in [0.1, 0.15) is 6.10 Å². The van der Waals surface area contributed by atoms with Crippen LogP contribution in [-0.4, -0.2) is 115 Å². The van der Waals surface area contributed by atoms with Crippen LogP contribution < -0.4 is 5.32 Å². The number of ether oxygens (including phenoxy) is 6. The Morgan fingerprint density at radius 3 is 2.31 bits per heavy atom. The highest BCUT2D eigenvalue weighted by molar-refractivity contribution is 5.83. The van der Waals surface area contributed by atoms with E-state index in [9.17, 15) is 29.7 Å². The molecule has 4 aliphatic rings. The van der Waals surface area contributed by atoms with E-state index >= 15 is 0 Å². The number of carbonyl (C=O) groups excluding carboxylic acids is 3. The van der Waals surface area contributed by atoms with Gasteiger partial charge in [-0.25, -0.2) is 4.79 Å². The monoisotopic (exact) mass is 761 g/mol. The molecule has 4 heterocycles. The number of fused-ring (bicyclic) bond motifs is 6. The summed E-state index contributed by atoms with van der Waals surface area (Å²) in [6, 6.07) is 0. The number of hydrogen-bond acceptors (Lipinski definition) is 13. The van der Waals surface area contributed by atoms with E-state index in [2.05, 4.69) is 18.5 Å². The molecule has 0 aromatic heterocycles. The van der Waals surface area contributed by atoms with Crippen LogP contribution in [0.1, 0.15) is 104 Å². The largest absolute Gasteiger partial charge is 0.466 e. The van der Waals surface area contributed by atoms with Gasteiger partial charge >= 0.3 is 17.9 Å². The van der Waals surface area contributed by atoms with E-state index in [1.54, 1.807) is 19.9 Å². The van der Waals surface area contributed by atoms with E-state index in [4.69, 9.17) is 28.4 Å². The number of esters is 3. The first-order valence-electron chi connectivity index (χ1n) is 19.4. The molecule has 4 N–H and O–H groups in total. The first-order chi connectivity index (χ1) is 25.5. The Morgan fingerprint density at radius 2 is 1.65 bits per heavy atom. The van der Waals surface area contributed by atoms with E-state index in [0.717, 1.165) is 30.5 Å². The van der Waals surface area contributed by atoms with Crippen LogP contribution in [-0.2, 0) is 42.8 Å². The van der Waals surface area contributed by atoms with E-state index < -0.39 is 65.7 Å². The second-order valence-corrected chi connectivity index (χ2v) is 16.1. The summed E-state index contributed by atoms with van der Waals surface area (Å²) < 4.78 is 36.1. The molecule has 6 bridgehead atoms. The summed E-state index contributed by atoms with van der Waals surface area (Å²) in [5, 5.41) is 37.6. The first kappa shape index (κ1) is 43.8. The topological polar surface area (TPSA) is 179 Å². The molecule has 4 aliphatic heterocycles. The summed E-state index contributed by atoms with van der Waals surface area (Å²) in [6.45, 7) is 14.2. The average molecular weight is 762 g/mol. The maximum Gasteiger partial charge on any atom is 0.330 e. The van der Waals surface area contributed by atoms with Crippen molar-refractivity contribution < 1.29 is 58.1 Å². The highest BCUT2D eigenvalue weighted by Crippen LogP contribution is 2.47.